The summed E-state index contributed by atoms with van der Waals surface area (Å²) in [6.45, 7) is 0. The Balaban J connectivity index is 0.000000980. The van der Waals surface area contributed by atoms with Crippen molar-refractivity contribution in [2.45, 2.75) is 18.9 Å². The summed E-state index contributed by atoms with van der Waals surface area (Å²) in [5.41, 5.74) is 6.34. The van der Waals surface area contributed by atoms with E-state index in [2.05, 4.69) is 0 Å². The van der Waals surface area contributed by atoms with Crippen LogP contribution in [-0.4, -0.2) is 5.11 Å². The lowest BCUT2D eigenvalue weighted by Crippen LogP contribution is -2.13. The van der Waals surface area contributed by atoms with Gasteiger partial charge in [0.15, 0.2) is 0 Å². The molecule has 14 heavy (non-hydrogen) atoms. The van der Waals surface area contributed by atoms with Crippen molar-refractivity contribution in [3.63, 3.8) is 0 Å². The molecule has 1 aromatic rings. The molecule has 0 radical (unpaired) electrons. The highest BCUT2D eigenvalue weighted by molar-refractivity contribution is 5.85. The average molecular weight is 218 g/mol. The first-order valence-corrected chi connectivity index (χ1v) is 4.42. The Labute approximate surface area is 88.3 Å². The lowest BCUT2D eigenvalue weighted by atomic mass is 10.0. The number of hydrogen-bond donors (Lipinski definition) is 2. The van der Waals surface area contributed by atoms with Crippen LogP contribution in [0.2, 0.25) is 0 Å². The SMILES string of the molecule is Cl.N[C@H](c1ccc(O)cc1F)C1CC1. The molecule has 2 rings (SSSR count). The van der Waals surface area contributed by atoms with Gasteiger partial charge in [0, 0.05) is 17.7 Å². The minimum atomic E-state index is -0.403. The summed E-state index contributed by atoms with van der Waals surface area (Å²) in [6.07, 6.45) is 2.17. The van der Waals surface area contributed by atoms with Gasteiger partial charge in [0.05, 0.1) is 0 Å². The van der Waals surface area contributed by atoms with E-state index < -0.39 is 5.82 Å². The third-order valence-electron chi connectivity index (χ3n) is 2.47. The van der Waals surface area contributed by atoms with E-state index >= 15 is 0 Å². The third-order valence-corrected chi connectivity index (χ3v) is 2.47. The van der Waals surface area contributed by atoms with E-state index in [9.17, 15) is 4.39 Å². The van der Waals surface area contributed by atoms with Gasteiger partial charge in [0.25, 0.3) is 0 Å². The lowest BCUT2D eigenvalue weighted by molar-refractivity contribution is 0.465. The van der Waals surface area contributed by atoms with Crippen LogP contribution in [0, 0.1) is 11.7 Å². The summed E-state index contributed by atoms with van der Waals surface area (Å²) in [5, 5.41) is 8.99. The van der Waals surface area contributed by atoms with Gasteiger partial charge in [0.1, 0.15) is 11.6 Å². The Morgan fingerprint density at radius 3 is 2.57 bits per heavy atom. The van der Waals surface area contributed by atoms with E-state index in [1.807, 2.05) is 0 Å². The molecule has 0 bridgehead atoms. The molecule has 3 N–H and O–H groups in total. The predicted octanol–water partition coefficient (Wildman–Crippen LogP) is 2.36. The number of phenolic OH excluding ortho intramolecular Hbond substituents is 1. The van der Waals surface area contributed by atoms with Gasteiger partial charge in [-0.1, -0.05) is 6.07 Å². The zero-order chi connectivity index (χ0) is 9.42. The molecule has 78 valence electrons. The number of benzene rings is 1. The summed E-state index contributed by atoms with van der Waals surface area (Å²) < 4.78 is 13.2. The number of halogens is 2. The highest BCUT2D eigenvalue weighted by Crippen LogP contribution is 2.40. The van der Waals surface area contributed by atoms with Crippen molar-refractivity contribution in [1.29, 1.82) is 0 Å². The molecule has 0 unspecified atom stereocenters. The van der Waals surface area contributed by atoms with Crippen LogP contribution in [0.1, 0.15) is 24.4 Å². The fourth-order valence-corrected chi connectivity index (χ4v) is 1.50. The normalized spacial score (nSPS) is 17.3. The van der Waals surface area contributed by atoms with Crippen molar-refractivity contribution >= 4 is 12.4 Å². The van der Waals surface area contributed by atoms with Gasteiger partial charge in [-0.25, -0.2) is 4.39 Å². The fourth-order valence-electron chi connectivity index (χ4n) is 1.50. The molecule has 1 aliphatic carbocycles. The highest BCUT2D eigenvalue weighted by atomic mass is 35.5. The van der Waals surface area contributed by atoms with Gasteiger partial charge in [-0.15, -0.1) is 12.4 Å². The summed E-state index contributed by atoms with van der Waals surface area (Å²) in [7, 11) is 0. The van der Waals surface area contributed by atoms with Crippen LogP contribution in [0.4, 0.5) is 4.39 Å². The van der Waals surface area contributed by atoms with Crippen LogP contribution in [0.25, 0.3) is 0 Å². The number of nitrogens with two attached hydrogens (primary N) is 1. The standard InChI is InChI=1S/C10H12FNO.ClH/c11-9-5-7(13)3-4-8(9)10(12)6-1-2-6;/h3-6,10,13H,1-2,12H2;1H/t10-;/m0./s1. The van der Waals surface area contributed by atoms with Crippen molar-refractivity contribution in [2.75, 3.05) is 0 Å². The summed E-state index contributed by atoms with van der Waals surface area (Å²) in [4.78, 5) is 0. The predicted molar refractivity (Wildman–Crippen MR) is 55.0 cm³/mol. The van der Waals surface area contributed by atoms with Crippen LogP contribution in [0.5, 0.6) is 5.75 Å². The molecular weight excluding hydrogens is 205 g/mol. The number of rotatable bonds is 2. The molecule has 0 aromatic heterocycles. The minimum Gasteiger partial charge on any atom is -0.508 e. The number of hydrogen-bond acceptors (Lipinski definition) is 2. The Morgan fingerprint density at radius 1 is 1.43 bits per heavy atom. The van der Waals surface area contributed by atoms with E-state index in [1.165, 1.54) is 6.07 Å². The minimum absolute atomic E-state index is 0. The first kappa shape index (κ1) is 11.3. The van der Waals surface area contributed by atoms with Crippen LogP contribution in [0.3, 0.4) is 0 Å². The number of aromatic hydroxyl groups is 1. The molecule has 0 saturated heterocycles. The Bertz CT molecular complexity index is 328. The summed E-state index contributed by atoms with van der Waals surface area (Å²) >= 11 is 0. The van der Waals surface area contributed by atoms with E-state index in [4.69, 9.17) is 10.8 Å². The Morgan fingerprint density at radius 2 is 2.07 bits per heavy atom. The zero-order valence-electron chi connectivity index (χ0n) is 7.61. The van der Waals surface area contributed by atoms with Crippen LogP contribution in [-0.2, 0) is 0 Å². The van der Waals surface area contributed by atoms with Crippen molar-refractivity contribution in [2.24, 2.45) is 11.7 Å². The molecule has 4 heteroatoms. The van der Waals surface area contributed by atoms with E-state index in [0.717, 1.165) is 18.9 Å². The Kier molecular flexibility index (Phi) is 3.34. The Hall–Kier alpha value is -0.800. The van der Waals surface area contributed by atoms with Crippen LogP contribution in [0.15, 0.2) is 18.2 Å². The molecule has 1 saturated carbocycles. The van der Waals surface area contributed by atoms with E-state index in [1.54, 1.807) is 6.07 Å². The first-order valence-electron chi connectivity index (χ1n) is 4.42. The molecule has 0 heterocycles. The molecular formula is C10H13ClFNO. The van der Waals surface area contributed by atoms with Crippen LogP contribution < -0.4 is 5.73 Å². The van der Waals surface area contributed by atoms with Crippen molar-refractivity contribution in [3.05, 3.63) is 29.6 Å². The van der Waals surface area contributed by atoms with Crippen molar-refractivity contribution < 1.29 is 9.50 Å². The molecule has 0 amide bonds. The van der Waals surface area contributed by atoms with Crippen molar-refractivity contribution in [3.8, 4) is 5.75 Å². The van der Waals surface area contributed by atoms with E-state index in [0.29, 0.717) is 11.5 Å². The quantitative estimate of drug-likeness (QED) is 0.799. The van der Waals surface area contributed by atoms with Gasteiger partial charge in [0.2, 0.25) is 0 Å². The fraction of sp³-hybridized carbons (Fsp3) is 0.400. The molecule has 0 aliphatic heterocycles. The summed E-state index contributed by atoms with van der Waals surface area (Å²) in [6, 6.07) is 3.94. The van der Waals surface area contributed by atoms with Gasteiger partial charge < -0.3 is 10.8 Å². The molecule has 1 atom stereocenters. The second kappa shape index (κ2) is 4.15. The smallest absolute Gasteiger partial charge is 0.131 e. The first-order chi connectivity index (χ1) is 6.18. The highest BCUT2D eigenvalue weighted by Gasteiger charge is 2.30. The third kappa shape index (κ3) is 2.16. The van der Waals surface area contributed by atoms with Crippen molar-refractivity contribution in [1.82, 2.24) is 0 Å². The maximum atomic E-state index is 13.2. The summed E-state index contributed by atoms with van der Waals surface area (Å²) in [5.74, 6) is -0.0253. The molecule has 1 aliphatic rings. The monoisotopic (exact) mass is 217 g/mol. The second-order valence-electron chi connectivity index (χ2n) is 3.57. The van der Waals surface area contributed by atoms with Gasteiger partial charge in [-0.05, 0) is 24.8 Å². The topological polar surface area (TPSA) is 46.2 Å². The molecule has 2 nitrogen and oxygen atoms in total. The zero-order valence-corrected chi connectivity index (χ0v) is 8.43. The van der Waals surface area contributed by atoms with Gasteiger partial charge >= 0.3 is 0 Å². The maximum Gasteiger partial charge on any atom is 0.131 e. The molecule has 1 aromatic carbocycles. The lowest BCUT2D eigenvalue weighted by Gasteiger charge is -2.11. The van der Waals surface area contributed by atoms with Gasteiger partial charge in [-0.2, -0.15) is 0 Å². The largest absolute Gasteiger partial charge is 0.508 e. The number of phenols is 1. The molecule has 1 fully saturated rings. The van der Waals surface area contributed by atoms with Crippen LogP contribution >= 0.6 is 12.4 Å². The average Bonchev–Trinajstić information content (AvgIpc) is 2.85. The second-order valence-corrected chi connectivity index (χ2v) is 3.57. The van der Waals surface area contributed by atoms with Gasteiger partial charge in [-0.3, -0.25) is 0 Å². The molecule has 0 spiro atoms. The van der Waals surface area contributed by atoms with E-state index in [-0.39, 0.29) is 24.2 Å². The maximum absolute atomic E-state index is 13.2.